The van der Waals surface area contributed by atoms with E-state index in [1.165, 1.54) is 16.4 Å². The van der Waals surface area contributed by atoms with E-state index in [0.717, 1.165) is 12.8 Å². The Morgan fingerprint density at radius 3 is 2.45 bits per heavy atom. The van der Waals surface area contributed by atoms with Gasteiger partial charge in [0.25, 0.3) is 0 Å². The molecule has 1 unspecified atom stereocenters. The molecule has 0 aromatic heterocycles. The van der Waals surface area contributed by atoms with Gasteiger partial charge in [-0.3, -0.25) is 0 Å². The molecule has 0 radical (unpaired) electrons. The molecule has 8 heteroatoms. The zero-order chi connectivity index (χ0) is 14.9. The summed E-state index contributed by atoms with van der Waals surface area (Å²) in [4.78, 5) is -0.0180. The van der Waals surface area contributed by atoms with Crippen molar-refractivity contribution in [1.82, 2.24) is 4.31 Å². The first-order valence-corrected chi connectivity index (χ1v) is 9.59. The second-order valence-corrected chi connectivity index (χ2v) is 8.68. The molecule has 1 aromatic carbocycles. The van der Waals surface area contributed by atoms with Crippen molar-refractivity contribution in [1.29, 1.82) is 0 Å². The molecule has 112 valence electrons. The zero-order valence-electron chi connectivity index (χ0n) is 10.5. The third-order valence-electron chi connectivity index (χ3n) is 3.33. The first-order valence-electron chi connectivity index (χ1n) is 6.07. The quantitative estimate of drug-likeness (QED) is 0.676. The highest BCUT2D eigenvalue weighted by Crippen LogP contribution is 2.36. The lowest BCUT2D eigenvalue weighted by Gasteiger charge is -2.18. The average Bonchev–Trinajstić information content (AvgIpc) is 2.76. The lowest BCUT2D eigenvalue weighted by atomic mass is 10.1. The maximum absolute atomic E-state index is 12.6. The van der Waals surface area contributed by atoms with E-state index < -0.39 is 10.0 Å². The second-order valence-electron chi connectivity index (χ2n) is 4.69. The first kappa shape index (κ1) is 16.8. The van der Waals surface area contributed by atoms with E-state index in [1.807, 2.05) is 0 Å². The predicted molar refractivity (Wildman–Crippen MR) is 86.4 cm³/mol. The van der Waals surface area contributed by atoms with E-state index in [9.17, 15) is 8.42 Å². The van der Waals surface area contributed by atoms with Gasteiger partial charge in [0.15, 0.2) is 0 Å². The molecule has 1 aliphatic rings. The third kappa shape index (κ3) is 3.45. The fourth-order valence-corrected chi connectivity index (χ4v) is 6.03. The van der Waals surface area contributed by atoms with Crippen molar-refractivity contribution in [2.24, 2.45) is 5.92 Å². The Morgan fingerprint density at radius 2 is 1.90 bits per heavy atom. The van der Waals surface area contributed by atoms with Crippen molar-refractivity contribution in [2.75, 3.05) is 19.0 Å². The summed E-state index contributed by atoms with van der Waals surface area (Å²) in [5, 5.41) is 0.260. The van der Waals surface area contributed by atoms with Crippen molar-refractivity contribution in [3.63, 3.8) is 0 Å². The average molecular weight is 422 g/mol. The van der Waals surface area contributed by atoms with Crippen LogP contribution in [-0.4, -0.2) is 31.7 Å². The summed E-state index contributed by atoms with van der Waals surface area (Å²) >= 11 is 21.1. The fourth-order valence-electron chi connectivity index (χ4n) is 2.31. The molecule has 1 fully saturated rings. The van der Waals surface area contributed by atoms with Gasteiger partial charge in [-0.1, -0.05) is 39.1 Å². The molecule has 20 heavy (non-hydrogen) atoms. The Balaban J connectivity index is 2.33. The standard InChI is InChI=1S/C12H13BrCl3NO2S/c13-9-5-10(15)12(11(16)6-9)20(18,19)17-4-2-8(7-17)1-3-14/h5-6,8H,1-4,7H2. The Morgan fingerprint density at radius 1 is 1.30 bits per heavy atom. The Labute approximate surface area is 142 Å². The Bertz CT molecular complexity index is 586. The number of hydrogen-bond donors (Lipinski definition) is 0. The number of sulfonamides is 1. The summed E-state index contributed by atoms with van der Waals surface area (Å²) in [7, 11) is -3.66. The lowest BCUT2D eigenvalue weighted by molar-refractivity contribution is 0.453. The van der Waals surface area contributed by atoms with E-state index in [0.29, 0.717) is 29.4 Å². The van der Waals surface area contributed by atoms with Gasteiger partial charge in [-0.05, 0) is 30.9 Å². The van der Waals surface area contributed by atoms with Gasteiger partial charge in [-0.2, -0.15) is 4.31 Å². The van der Waals surface area contributed by atoms with E-state index in [4.69, 9.17) is 34.8 Å². The number of rotatable bonds is 4. The maximum atomic E-state index is 12.6. The summed E-state index contributed by atoms with van der Waals surface area (Å²) in [6.07, 6.45) is 1.63. The molecule has 1 aromatic rings. The zero-order valence-corrected chi connectivity index (χ0v) is 15.1. The predicted octanol–water partition coefficient (Wildman–Crippen LogP) is 4.40. The number of benzene rings is 1. The molecule has 0 amide bonds. The van der Waals surface area contributed by atoms with Crippen LogP contribution in [0.5, 0.6) is 0 Å². The summed E-state index contributed by atoms with van der Waals surface area (Å²) < 4.78 is 27.4. The third-order valence-corrected chi connectivity index (χ3v) is 6.79. The largest absolute Gasteiger partial charge is 0.246 e. The SMILES string of the molecule is O=S(=O)(c1c(Cl)cc(Br)cc1Cl)N1CCC(CCCl)C1. The van der Waals surface area contributed by atoms with Crippen LogP contribution in [0.15, 0.2) is 21.5 Å². The minimum absolute atomic E-state index is 0.0180. The van der Waals surface area contributed by atoms with E-state index in [-0.39, 0.29) is 14.9 Å². The molecule has 2 rings (SSSR count). The molecule has 1 heterocycles. The number of hydrogen-bond acceptors (Lipinski definition) is 2. The minimum Gasteiger partial charge on any atom is -0.207 e. The van der Waals surface area contributed by atoms with Crippen molar-refractivity contribution in [2.45, 2.75) is 17.7 Å². The number of nitrogens with zero attached hydrogens (tertiary/aromatic N) is 1. The van der Waals surface area contributed by atoms with Crippen LogP contribution in [0.4, 0.5) is 0 Å². The van der Waals surface area contributed by atoms with Gasteiger partial charge in [0.2, 0.25) is 10.0 Å². The van der Waals surface area contributed by atoms with Gasteiger partial charge >= 0.3 is 0 Å². The highest BCUT2D eigenvalue weighted by Gasteiger charge is 2.34. The molecule has 0 saturated carbocycles. The molecular weight excluding hydrogens is 408 g/mol. The van der Waals surface area contributed by atoms with Crippen LogP contribution in [0.3, 0.4) is 0 Å². The van der Waals surface area contributed by atoms with Crippen LogP contribution >= 0.6 is 50.7 Å². The van der Waals surface area contributed by atoms with Gasteiger partial charge in [0, 0.05) is 23.4 Å². The van der Waals surface area contributed by atoms with E-state index in [2.05, 4.69) is 15.9 Å². The van der Waals surface area contributed by atoms with Crippen LogP contribution in [0.2, 0.25) is 10.0 Å². The van der Waals surface area contributed by atoms with Gasteiger partial charge in [0.05, 0.1) is 10.0 Å². The van der Waals surface area contributed by atoms with E-state index in [1.54, 1.807) is 0 Å². The monoisotopic (exact) mass is 419 g/mol. The lowest BCUT2D eigenvalue weighted by Crippen LogP contribution is -2.29. The summed E-state index contributed by atoms with van der Waals surface area (Å²) in [5.74, 6) is 0.841. The molecule has 3 nitrogen and oxygen atoms in total. The molecule has 0 bridgehead atoms. The Kier molecular flexibility index (Phi) is 5.65. The van der Waals surface area contributed by atoms with Crippen molar-refractivity contribution in [3.8, 4) is 0 Å². The number of alkyl halides is 1. The van der Waals surface area contributed by atoms with Crippen LogP contribution < -0.4 is 0 Å². The summed E-state index contributed by atoms with van der Waals surface area (Å²) in [6, 6.07) is 3.07. The van der Waals surface area contributed by atoms with Crippen LogP contribution in [0.25, 0.3) is 0 Å². The highest BCUT2D eigenvalue weighted by molar-refractivity contribution is 9.10. The van der Waals surface area contributed by atoms with Crippen LogP contribution in [0.1, 0.15) is 12.8 Å². The van der Waals surface area contributed by atoms with Gasteiger partial charge in [-0.25, -0.2) is 8.42 Å². The van der Waals surface area contributed by atoms with E-state index >= 15 is 0 Å². The van der Waals surface area contributed by atoms with Gasteiger partial charge < -0.3 is 0 Å². The molecule has 1 saturated heterocycles. The first-order chi connectivity index (χ1) is 9.36. The molecule has 1 atom stereocenters. The normalized spacial score (nSPS) is 20.5. The smallest absolute Gasteiger partial charge is 0.207 e. The molecule has 0 aliphatic carbocycles. The van der Waals surface area contributed by atoms with Crippen molar-refractivity contribution < 1.29 is 8.42 Å². The van der Waals surface area contributed by atoms with Crippen LogP contribution in [-0.2, 0) is 10.0 Å². The number of halogens is 4. The molecule has 0 spiro atoms. The summed E-state index contributed by atoms with van der Waals surface area (Å²) in [5.41, 5.74) is 0. The van der Waals surface area contributed by atoms with Gasteiger partial charge in [0.1, 0.15) is 4.90 Å². The topological polar surface area (TPSA) is 37.4 Å². The minimum atomic E-state index is -3.66. The highest BCUT2D eigenvalue weighted by atomic mass is 79.9. The van der Waals surface area contributed by atoms with Crippen molar-refractivity contribution in [3.05, 3.63) is 26.7 Å². The maximum Gasteiger partial charge on any atom is 0.246 e. The fraction of sp³-hybridized carbons (Fsp3) is 0.500. The van der Waals surface area contributed by atoms with Crippen LogP contribution in [0, 0.1) is 5.92 Å². The van der Waals surface area contributed by atoms with Crippen molar-refractivity contribution >= 4 is 60.8 Å². The molecular formula is C12H13BrCl3NO2S. The van der Waals surface area contributed by atoms with Gasteiger partial charge in [-0.15, -0.1) is 11.6 Å². The summed E-state index contributed by atoms with van der Waals surface area (Å²) in [6.45, 7) is 0.949. The Hall–Kier alpha value is 0.480. The second kappa shape index (κ2) is 6.71. The molecule has 1 aliphatic heterocycles. The molecule has 0 N–H and O–H groups in total.